The van der Waals surface area contributed by atoms with Crippen LogP contribution in [0, 0.1) is 0 Å². The minimum Gasteiger partial charge on any atom is -0.456 e. The first-order chi connectivity index (χ1) is 14.4. The zero-order valence-electron chi connectivity index (χ0n) is 16.4. The molecule has 0 fully saturated rings. The van der Waals surface area contributed by atoms with Crippen LogP contribution < -0.4 is 11.2 Å². The minimum atomic E-state index is -0.576. The number of carbonyl (C=O) groups is 1. The lowest BCUT2D eigenvalue weighted by Gasteiger charge is -2.08. The molecule has 0 radical (unpaired) electrons. The van der Waals surface area contributed by atoms with Crippen molar-refractivity contribution < 1.29 is 9.53 Å². The summed E-state index contributed by atoms with van der Waals surface area (Å²) in [5.74, 6) is -0.235. The van der Waals surface area contributed by atoms with E-state index in [1.165, 1.54) is 29.5 Å². The maximum Gasteiger partial charge on any atom is 0.338 e. The van der Waals surface area contributed by atoms with E-state index in [0.717, 1.165) is 9.57 Å². The lowest BCUT2D eigenvalue weighted by atomic mass is 10.1. The van der Waals surface area contributed by atoms with Gasteiger partial charge in [0, 0.05) is 11.3 Å². The molecule has 4 rings (SSSR count). The van der Waals surface area contributed by atoms with Gasteiger partial charge in [0.15, 0.2) is 0 Å². The highest BCUT2D eigenvalue weighted by Crippen LogP contribution is 2.20. The number of aromatic nitrogens is 3. The van der Waals surface area contributed by atoms with Crippen LogP contribution in [0.4, 0.5) is 0 Å². The Balaban J connectivity index is 1.61. The summed E-state index contributed by atoms with van der Waals surface area (Å²) < 4.78 is 6.40. The van der Waals surface area contributed by atoms with Gasteiger partial charge in [-0.05, 0) is 30.3 Å². The molecule has 1 N–H and O–H groups in total. The molecule has 2 aromatic heterocycles. The highest BCUT2D eigenvalue weighted by atomic mass is 32.1. The van der Waals surface area contributed by atoms with Crippen molar-refractivity contribution >= 4 is 28.2 Å². The van der Waals surface area contributed by atoms with Crippen LogP contribution in [0.2, 0.25) is 0 Å². The third kappa shape index (κ3) is 3.81. The summed E-state index contributed by atoms with van der Waals surface area (Å²) in [4.78, 5) is 44.9. The van der Waals surface area contributed by atoms with Crippen molar-refractivity contribution in [2.24, 2.45) is 0 Å². The van der Waals surface area contributed by atoms with E-state index >= 15 is 0 Å². The van der Waals surface area contributed by atoms with E-state index in [9.17, 15) is 14.4 Å². The molecule has 0 aliphatic rings. The van der Waals surface area contributed by atoms with Crippen LogP contribution in [-0.4, -0.2) is 20.5 Å². The van der Waals surface area contributed by atoms with E-state index in [2.05, 4.69) is 23.8 Å². The average molecular weight is 421 g/mol. The van der Waals surface area contributed by atoms with Gasteiger partial charge in [-0.1, -0.05) is 32.0 Å². The Morgan fingerprint density at radius 1 is 1.17 bits per heavy atom. The van der Waals surface area contributed by atoms with Crippen molar-refractivity contribution in [3.8, 4) is 5.69 Å². The number of hydrogen-bond acceptors (Lipinski definition) is 6. The molecule has 2 heterocycles. The smallest absolute Gasteiger partial charge is 0.338 e. The molecule has 0 spiro atoms. The van der Waals surface area contributed by atoms with E-state index in [-0.39, 0.29) is 17.7 Å². The summed E-state index contributed by atoms with van der Waals surface area (Å²) in [5.41, 5.74) is 0.656. The van der Waals surface area contributed by atoms with Crippen molar-refractivity contribution in [1.29, 1.82) is 0 Å². The number of thiazole rings is 1. The van der Waals surface area contributed by atoms with Gasteiger partial charge in [-0.2, -0.15) is 0 Å². The molecule has 0 aliphatic carbocycles. The maximum absolute atomic E-state index is 12.8. The molecule has 7 nitrogen and oxygen atoms in total. The van der Waals surface area contributed by atoms with Crippen molar-refractivity contribution in [1.82, 2.24) is 14.5 Å². The fourth-order valence-corrected chi connectivity index (χ4v) is 3.85. The number of benzene rings is 2. The third-order valence-corrected chi connectivity index (χ3v) is 5.76. The SMILES string of the molecule is CC(C)c1nc(COC(=O)c2ccc3c(=O)n(-c4ccccc4)c(=O)[nH]c3c2)cs1. The van der Waals surface area contributed by atoms with Crippen LogP contribution in [0.5, 0.6) is 0 Å². The Hall–Kier alpha value is -3.52. The van der Waals surface area contributed by atoms with E-state index in [0.29, 0.717) is 22.7 Å². The van der Waals surface area contributed by atoms with Gasteiger partial charge in [-0.25, -0.2) is 19.1 Å². The highest BCUT2D eigenvalue weighted by Gasteiger charge is 2.14. The van der Waals surface area contributed by atoms with Gasteiger partial charge >= 0.3 is 11.7 Å². The number of carbonyl (C=O) groups excluding carboxylic acids is 1. The van der Waals surface area contributed by atoms with E-state index in [1.54, 1.807) is 30.3 Å². The van der Waals surface area contributed by atoms with Gasteiger partial charge in [-0.15, -0.1) is 11.3 Å². The normalized spacial score (nSPS) is 11.2. The topological polar surface area (TPSA) is 94.0 Å². The summed E-state index contributed by atoms with van der Waals surface area (Å²) in [7, 11) is 0. The zero-order valence-corrected chi connectivity index (χ0v) is 17.2. The number of nitrogens with one attached hydrogen (secondary N) is 1. The van der Waals surface area contributed by atoms with Gasteiger partial charge in [0.25, 0.3) is 5.56 Å². The molecule has 0 bridgehead atoms. The fourth-order valence-electron chi connectivity index (χ4n) is 3.03. The first kappa shape index (κ1) is 19.8. The number of nitrogens with zero attached hydrogens (tertiary/aromatic N) is 2. The molecule has 30 heavy (non-hydrogen) atoms. The molecule has 2 aromatic carbocycles. The number of ether oxygens (including phenoxy) is 1. The third-order valence-electron chi connectivity index (χ3n) is 4.56. The standard InChI is InChI=1S/C22H19N3O4S/c1-13(2)19-23-15(12-30-19)11-29-21(27)14-8-9-17-18(10-14)24-22(28)25(20(17)26)16-6-4-3-5-7-16/h3-10,12-13H,11H2,1-2H3,(H,24,28). The van der Waals surface area contributed by atoms with Crippen LogP contribution in [0.15, 0.2) is 63.5 Å². The van der Waals surface area contributed by atoms with Crippen molar-refractivity contribution in [2.45, 2.75) is 26.4 Å². The first-order valence-corrected chi connectivity index (χ1v) is 10.3. The molecule has 8 heteroatoms. The van der Waals surface area contributed by atoms with Crippen LogP contribution in [-0.2, 0) is 11.3 Å². The highest BCUT2D eigenvalue weighted by molar-refractivity contribution is 7.09. The number of rotatable bonds is 5. The van der Waals surface area contributed by atoms with Crippen LogP contribution in [0.1, 0.15) is 40.8 Å². The summed E-state index contributed by atoms with van der Waals surface area (Å²) in [6.45, 7) is 4.17. The Morgan fingerprint density at radius 2 is 1.93 bits per heavy atom. The largest absolute Gasteiger partial charge is 0.456 e. The van der Waals surface area contributed by atoms with E-state index in [4.69, 9.17) is 4.74 Å². The lowest BCUT2D eigenvalue weighted by molar-refractivity contribution is 0.0468. The monoisotopic (exact) mass is 421 g/mol. The predicted octanol–water partition coefficient (Wildman–Crippen LogP) is 3.62. The number of hydrogen-bond donors (Lipinski definition) is 1. The van der Waals surface area contributed by atoms with Gasteiger partial charge in [0.1, 0.15) is 6.61 Å². The van der Waals surface area contributed by atoms with Crippen LogP contribution in [0.25, 0.3) is 16.6 Å². The lowest BCUT2D eigenvalue weighted by Crippen LogP contribution is -2.33. The quantitative estimate of drug-likeness (QED) is 0.497. The molecule has 0 unspecified atom stereocenters. The molecule has 0 saturated carbocycles. The van der Waals surface area contributed by atoms with E-state index in [1.807, 2.05) is 5.38 Å². The predicted molar refractivity (Wildman–Crippen MR) is 115 cm³/mol. The van der Waals surface area contributed by atoms with Crippen LogP contribution >= 0.6 is 11.3 Å². The summed E-state index contributed by atoms with van der Waals surface area (Å²) >= 11 is 1.53. The summed E-state index contributed by atoms with van der Waals surface area (Å²) in [5, 5.41) is 3.15. The average Bonchev–Trinajstić information content (AvgIpc) is 3.22. The minimum absolute atomic E-state index is 0.0617. The molecule has 0 atom stereocenters. The maximum atomic E-state index is 12.8. The fraction of sp³-hybridized carbons (Fsp3) is 0.182. The molecule has 0 amide bonds. The van der Waals surface area contributed by atoms with Crippen molar-refractivity contribution in [3.05, 3.63) is 91.0 Å². The molecule has 4 aromatic rings. The van der Waals surface area contributed by atoms with Gasteiger partial charge in [0.2, 0.25) is 0 Å². The van der Waals surface area contributed by atoms with Crippen LogP contribution in [0.3, 0.4) is 0 Å². The molecule has 0 saturated heterocycles. The number of H-pyrrole nitrogens is 1. The molecule has 152 valence electrons. The summed E-state index contributed by atoms with van der Waals surface area (Å²) in [6, 6.07) is 13.1. The van der Waals surface area contributed by atoms with Gasteiger partial charge in [-0.3, -0.25) is 4.79 Å². The number of aromatic amines is 1. The second-order valence-electron chi connectivity index (χ2n) is 7.07. The second kappa shape index (κ2) is 8.08. The Labute approximate surface area is 175 Å². The van der Waals surface area contributed by atoms with E-state index < -0.39 is 17.2 Å². The van der Waals surface area contributed by atoms with Crippen molar-refractivity contribution in [3.63, 3.8) is 0 Å². The number of para-hydroxylation sites is 1. The Bertz CT molecular complexity index is 1340. The first-order valence-electron chi connectivity index (χ1n) is 9.40. The Morgan fingerprint density at radius 3 is 2.63 bits per heavy atom. The molecule has 0 aliphatic heterocycles. The second-order valence-corrected chi connectivity index (χ2v) is 7.96. The van der Waals surface area contributed by atoms with Gasteiger partial charge < -0.3 is 9.72 Å². The zero-order chi connectivity index (χ0) is 21.3. The Kier molecular flexibility index (Phi) is 5.33. The van der Waals surface area contributed by atoms with Gasteiger partial charge in [0.05, 0.1) is 32.9 Å². The van der Waals surface area contributed by atoms with Crippen molar-refractivity contribution in [2.75, 3.05) is 0 Å². The number of esters is 1. The molecular formula is C22H19N3O4S. The summed E-state index contributed by atoms with van der Waals surface area (Å²) in [6.07, 6.45) is 0. The number of fused-ring (bicyclic) bond motifs is 1. The molecular weight excluding hydrogens is 402 g/mol.